The SMILES string of the molecule is CCc1nc(C(C)C)c(/C=C/[C@@H](O)C[C@@H](O)CC(O)O)c(-c2ccc(F)cc2)c1CC. The summed E-state index contributed by atoms with van der Waals surface area (Å²) in [4.78, 5) is 4.92. The largest absolute Gasteiger partial charge is 0.393 e. The van der Waals surface area contributed by atoms with Crippen LogP contribution in [0.2, 0.25) is 0 Å². The topological polar surface area (TPSA) is 93.8 Å². The maximum absolute atomic E-state index is 13.6. The molecule has 0 bridgehead atoms. The molecule has 1 aromatic carbocycles. The smallest absolute Gasteiger partial charge is 0.153 e. The highest BCUT2D eigenvalue weighted by molar-refractivity contribution is 5.80. The predicted molar refractivity (Wildman–Crippen MR) is 121 cm³/mol. The third kappa shape index (κ3) is 6.68. The van der Waals surface area contributed by atoms with E-state index in [9.17, 15) is 14.6 Å². The number of aliphatic hydroxyl groups excluding tert-OH is 3. The molecule has 0 fully saturated rings. The van der Waals surface area contributed by atoms with Crippen LogP contribution in [-0.2, 0) is 12.8 Å². The molecule has 1 aromatic heterocycles. The van der Waals surface area contributed by atoms with Gasteiger partial charge in [-0.25, -0.2) is 4.39 Å². The minimum absolute atomic E-state index is 0.0158. The number of rotatable bonds is 10. The Morgan fingerprint density at radius 1 is 0.968 bits per heavy atom. The molecule has 4 N–H and O–H groups in total. The lowest BCUT2D eigenvalue weighted by molar-refractivity contribution is -0.0739. The number of halogens is 1. The Morgan fingerprint density at radius 3 is 2.13 bits per heavy atom. The molecule has 0 aliphatic rings. The summed E-state index contributed by atoms with van der Waals surface area (Å²) in [5.41, 5.74) is 5.73. The van der Waals surface area contributed by atoms with E-state index in [0.717, 1.165) is 46.5 Å². The summed E-state index contributed by atoms with van der Waals surface area (Å²) in [7, 11) is 0. The van der Waals surface area contributed by atoms with Gasteiger partial charge in [0.2, 0.25) is 0 Å². The average molecular weight is 432 g/mol. The molecule has 2 atom stereocenters. The second-order valence-electron chi connectivity index (χ2n) is 8.11. The van der Waals surface area contributed by atoms with Gasteiger partial charge in [-0.05, 0) is 47.6 Å². The van der Waals surface area contributed by atoms with Crippen LogP contribution in [0, 0.1) is 5.82 Å². The van der Waals surface area contributed by atoms with Crippen LogP contribution in [0.1, 0.15) is 69.0 Å². The van der Waals surface area contributed by atoms with Crippen LogP contribution in [0.15, 0.2) is 30.3 Å². The van der Waals surface area contributed by atoms with Gasteiger partial charge in [-0.1, -0.05) is 52.0 Å². The molecule has 6 heteroatoms. The third-order valence-corrected chi connectivity index (χ3v) is 5.30. The maximum atomic E-state index is 13.6. The standard InChI is InChI=1S/C25H34FNO4/c1-5-20-22(6-2)27-25(15(3)4)21(24(20)16-7-9-17(26)10-8-16)12-11-18(28)13-19(29)14-23(30)31/h7-12,15,18-19,23,28-31H,5-6,13-14H2,1-4H3/b12-11+/t18-,19-/m1/s1. The van der Waals surface area contributed by atoms with E-state index in [0.29, 0.717) is 0 Å². The number of aliphatic hydroxyl groups is 4. The van der Waals surface area contributed by atoms with Gasteiger partial charge in [-0.3, -0.25) is 4.98 Å². The molecule has 0 aliphatic carbocycles. The van der Waals surface area contributed by atoms with Crippen molar-refractivity contribution >= 4 is 6.08 Å². The van der Waals surface area contributed by atoms with E-state index in [4.69, 9.17) is 15.2 Å². The second kappa shape index (κ2) is 11.5. The molecule has 2 aromatic rings. The molecule has 31 heavy (non-hydrogen) atoms. The van der Waals surface area contributed by atoms with Crippen LogP contribution in [0.4, 0.5) is 4.39 Å². The fraction of sp³-hybridized carbons (Fsp3) is 0.480. The zero-order valence-electron chi connectivity index (χ0n) is 18.7. The predicted octanol–water partition coefficient (Wildman–Crippen LogP) is 3.96. The van der Waals surface area contributed by atoms with Crippen LogP contribution in [0.3, 0.4) is 0 Å². The first-order valence-electron chi connectivity index (χ1n) is 10.9. The van der Waals surface area contributed by atoms with Gasteiger partial charge in [0.15, 0.2) is 6.29 Å². The second-order valence-corrected chi connectivity index (χ2v) is 8.11. The van der Waals surface area contributed by atoms with Gasteiger partial charge in [0.05, 0.1) is 17.9 Å². The van der Waals surface area contributed by atoms with Crippen molar-refractivity contribution in [3.8, 4) is 11.1 Å². The number of benzene rings is 1. The first kappa shape index (κ1) is 25.1. The average Bonchev–Trinajstić information content (AvgIpc) is 2.70. The van der Waals surface area contributed by atoms with Crippen molar-refractivity contribution in [3.05, 3.63) is 58.7 Å². The van der Waals surface area contributed by atoms with E-state index in [2.05, 4.69) is 27.7 Å². The van der Waals surface area contributed by atoms with Crippen molar-refractivity contribution in [2.45, 2.75) is 77.8 Å². The lowest BCUT2D eigenvalue weighted by Gasteiger charge is -2.21. The number of nitrogens with zero attached hydrogens (tertiary/aromatic N) is 1. The molecule has 0 spiro atoms. The number of aryl methyl sites for hydroxylation is 1. The normalized spacial score (nSPS) is 14.0. The van der Waals surface area contributed by atoms with Gasteiger partial charge in [-0.2, -0.15) is 0 Å². The lowest BCUT2D eigenvalue weighted by Crippen LogP contribution is -2.21. The number of hydrogen-bond donors (Lipinski definition) is 4. The van der Waals surface area contributed by atoms with Crippen molar-refractivity contribution in [1.29, 1.82) is 0 Å². The van der Waals surface area contributed by atoms with Crippen LogP contribution >= 0.6 is 0 Å². The summed E-state index contributed by atoms with van der Waals surface area (Å²) in [5.74, 6) is -0.175. The zero-order chi connectivity index (χ0) is 23.1. The monoisotopic (exact) mass is 431 g/mol. The number of hydrogen-bond acceptors (Lipinski definition) is 5. The molecule has 0 unspecified atom stereocenters. The molecule has 1 heterocycles. The highest BCUT2D eigenvalue weighted by atomic mass is 19.1. The van der Waals surface area contributed by atoms with Crippen molar-refractivity contribution in [2.75, 3.05) is 0 Å². The van der Waals surface area contributed by atoms with Crippen LogP contribution < -0.4 is 0 Å². The molecule has 170 valence electrons. The highest BCUT2D eigenvalue weighted by Crippen LogP contribution is 2.36. The fourth-order valence-electron chi connectivity index (χ4n) is 3.84. The number of pyridine rings is 1. The molecular weight excluding hydrogens is 397 g/mol. The summed E-state index contributed by atoms with van der Waals surface area (Å²) in [5, 5.41) is 38.2. The number of aromatic nitrogens is 1. The summed E-state index contributed by atoms with van der Waals surface area (Å²) >= 11 is 0. The van der Waals surface area contributed by atoms with Gasteiger partial charge in [0.1, 0.15) is 5.82 Å². The summed E-state index contributed by atoms with van der Waals surface area (Å²) in [6, 6.07) is 6.39. The van der Waals surface area contributed by atoms with Gasteiger partial charge in [0.25, 0.3) is 0 Å². The quantitative estimate of drug-likeness (QED) is 0.427. The van der Waals surface area contributed by atoms with Gasteiger partial charge in [0, 0.05) is 24.1 Å². The van der Waals surface area contributed by atoms with E-state index in [-0.39, 0.29) is 24.6 Å². The van der Waals surface area contributed by atoms with E-state index < -0.39 is 18.5 Å². The Labute approximate surface area is 183 Å². The van der Waals surface area contributed by atoms with Crippen LogP contribution in [0.25, 0.3) is 17.2 Å². The van der Waals surface area contributed by atoms with Gasteiger partial charge < -0.3 is 20.4 Å². The fourth-order valence-corrected chi connectivity index (χ4v) is 3.84. The Kier molecular flexibility index (Phi) is 9.32. The zero-order valence-corrected chi connectivity index (χ0v) is 18.7. The van der Waals surface area contributed by atoms with Crippen molar-refractivity contribution in [3.63, 3.8) is 0 Å². The van der Waals surface area contributed by atoms with Crippen molar-refractivity contribution < 1.29 is 24.8 Å². The summed E-state index contributed by atoms with van der Waals surface area (Å²) in [6.45, 7) is 8.25. The third-order valence-electron chi connectivity index (χ3n) is 5.30. The van der Waals surface area contributed by atoms with Crippen molar-refractivity contribution in [1.82, 2.24) is 4.98 Å². The molecular formula is C25H34FNO4. The Hall–Kier alpha value is -2.12. The molecule has 5 nitrogen and oxygen atoms in total. The minimum atomic E-state index is -1.62. The minimum Gasteiger partial charge on any atom is -0.393 e. The molecule has 0 radical (unpaired) electrons. The van der Waals surface area contributed by atoms with E-state index in [1.54, 1.807) is 18.2 Å². The first-order valence-corrected chi connectivity index (χ1v) is 10.9. The molecule has 0 saturated carbocycles. The summed E-state index contributed by atoms with van der Waals surface area (Å²) in [6.07, 6.45) is 1.07. The van der Waals surface area contributed by atoms with Crippen molar-refractivity contribution in [2.24, 2.45) is 0 Å². The van der Waals surface area contributed by atoms with E-state index in [1.165, 1.54) is 12.1 Å². The lowest BCUT2D eigenvalue weighted by atomic mass is 9.87. The van der Waals surface area contributed by atoms with Gasteiger partial charge >= 0.3 is 0 Å². The Balaban J connectivity index is 2.59. The summed E-state index contributed by atoms with van der Waals surface area (Å²) < 4.78 is 13.6. The van der Waals surface area contributed by atoms with Crippen LogP contribution in [-0.4, -0.2) is 43.9 Å². The molecule has 0 amide bonds. The Bertz CT molecular complexity index is 878. The molecule has 2 rings (SSSR count). The van der Waals surface area contributed by atoms with E-state index in [1.807, 2.05) is 6.08 Å². The molecule has 0 aliphatic heterocycles. The Morgan fingerprint density at radius 2 is 1.61 bits per heavy atom. The van der Waals surface area contributed by atoms with E-state index >= 15 is 0 Å². The van der Waals surface area contributed by atoms with Gasteiger partial charge in [-0.15, -0.1) is 0 Å². The first-order chi connectivity index (χ1) is 14.7. The highest BCUT2D eigenvalue weighted by Gasteiger charge is 2.20. The maximum Gasteiger partial charge on any atom is 0.153 e. The molecule has 0 saturated heterocycles. The van der Waals surface area contributed by atoms with Crippen LogP contribution in [0.5, 0.6) is 0 Å².